The Hall–Kier alpha value is -1.20. The average molecular weight is 346 g/mol. The monoisotopic (exact) mass is 345 g/mol. The third kappa shape index (κ3) is 4.14. The number of anilines is 1. The molecule has 1 aromatic rings. The normalized spacial score (nSPS) is 21.8. The second-order valence-electron chi connectivity index (χ2n) is 7.76. The largest absolute Gasteiger partial charge is 0.354 e. The summed E-state index contributed by atoms with van der Waals surface area (Å²) in [5.74, 6) is 1.21. The third-order valence-electron chi connectivity index (χ3n) is 6.17. The van der Waals surface area contributed by atoms with Crippen molar-refractivity contribution in [3.05, 3.63) is 17.6 Å². The van der Waals surface area contributed by atoms with Gasteiger partial charge in [0, 0.05) is 56.9 Å². The fourth-order valence-electron chi connectivity index (χ4n) is 4.24. The van der Waals surface area contributed by atoms with Gasteiger partial charge in [0.2, 0.25) is 0 Å². The summed E-state index contributed by atoms with van der Waals surface area (Å²) in [6, 6.07) is 1.34. The summed E-state index contributed by atoms with van der Waals surface area (Å²) in [7, 11) is 0. The Kier molecular flexibility index (Phi) is 6.29. The van der Waals surface area contributed by atoms with Crippen molar-refractivity contribution in [1.29, 1.82) is 0 Å². The van der Waals surface area contributed by atoms with Crippen LogP contribution in [0.2, 0.25) is 0 Å². The fourth-order valence-corrected chi connectivity index (χ4v) is 4.24. The van der Waals surface area contributed by atoms with Crippen molar-refractivity contribution in [3.8, 4) is 0 Å². The SMILES string of the molecule is CCCC(C)N1CCN(c2ncnc3c2CCN(C(C)CC)C3)CC1. The van der Waals surface area contributed by atoms with E-state index in [-0.39, 0.29) is 0 Å². The molecule has 1 fully saturated rings. The molecule has 0 radical (unpaired) electrons. The predicted molar refractivity (Wildman–Crippen MR) is 104 cm³/mol. The zero-order valence-electron chi connectivity index (χ0n) is 16.5. The molecule has 0 bridgehead atoms. The van der Waals surface area contributed by atoms with Crippen molar-refractivity contribution >= 4 is 5.82 Å². The van der Waals surface area contributed by atoms with Crippen LogP contribution < -0.4 is 4.90 Å². The lowest BCUT2D eigenvalue weighted by atomic mass is 10.0. The summed E-state index contributed by atoms with van der Waals surface area (Å²) in [6.07, 6.45) is 6.63. The van der Waals surface area contributed by atoms with Crippen molar-refractivity contribution in [2.75, 3.05) is 37.6 Å². The molecule has 0 amide bonds. The zero-order chi connectivity index (χ0) is 17.8. The first-order chi connectivity index (χ1) is 12.1. The molecule has 140 valence electrons. The van der Waals surface area contributed by atoms with Gasteiger partial charge < -0.3 is 4.90 Å². The lowest BCUT2D eigenvalue weighted by molar-refractivity contribution is 0.181. The minimum atomic E-state index is 0.634. The molecule has 3 rings (SSSR count). The van der Waals surface area contributed by atoms with Crippen molar-refractivity contribution < 1.29 is 0 Å². The summed E-state index contributed by atoms with van der Waals surface area (Å²) in [4.78, 5) is 17.0. The van der Waals surface area contributed by atoms with Crippen LogP contribution in [0.4, 0.5) is 5.82 Å². The number of hydrogen-bond acceptors (Lipinski definition) is 5. The first kappa shape index (κ1) is 18.6. The van der Waals surface area contributed by atoms with Crippen LogP contribution in [0.3, 0.4) is 0 Å². The number of hydrogen-bond donors (Lipinski definition) is 0. The summed E-state index contributed by atoms with van der Waals surface area (Å²) in [6.45, 7) is 15.8. The van der Waals surface area contributed by atoms with E-state index < -0.39 is 0 Å². The summed E-state index contributed by atoms with van der Waals surface area (Å²) in [5.41, 5.74) is 2.65. The van der Waals surface area contributed by atoms with E-state index in [1.54, 1.807) is 6.33 Å². The highest BCUT2D eigenvalue weighted by atomic mass is 15.3. The van der Waals surface area contributed by atoms with Crippen LogP contribution in [0.1, 0.15) is 58.2 Å². The van der Waals surface area contributed by atoms with E-state index in [0.29, 0.717) is 12.1 Å². The van der Waals surface area contributed by atoms with E-state index in [1.807, 2.05) is 0 Å². The van der Waals surface area contributed by atoms with Crippen molar-refractivity contribution in [1.82, 2.24) is 19.8 Å². The molecule has 25 heavy (non-hydrogen) atoms. The molecule has 1 aromatic heterocycles. The van der Waals surface area contributed by atoms with Gasteiger partial charge in [0.25, 0.3) is 0 Å². The van der Waals surface area contributed by atoms with Gasteiger partial charge in [-0.2, -0.15) is 0 Å². The number of aromatic nitrogens is 2. The van der Waals surface area contributed by atoms with Crippen LogP contribution in [0.25, 0.3) is 0 Å². The van der Waals surface area contributed by atoms with Gasteiger partial charge in [-0.05, 0) is 33.1 Å². The van der Waals surface area contributed by atoms with Crippen LogP contribution in [0.5, 0.6) is 0 Å². The first-order valence-corrected chi connectivity index (χ1v) is 10.2. The molecule has 0 aromatic carbocycles. The van der Waals surface area contributed by atoms with Gasteiger partial charge in [-0.1, -0.05) is 20.3 Å². The predicted octanol–water partition coefficient (Wildman–Crippen LogP) is 2.94. The molecule has 0 spiro atoms. The lowest BCUT2D eigenvalue weighted by Crippen LogP contribution is -2.50. The highest BCUT2D eigenvalue weighted by Gasteiger charge is 2.27. The minimum absolute atomic E-state index is 0.634. The van der Waals surface area contributed by atoms with Gasteiger partial charge in [-0.15, -0.1) is 0 Å². The minimum Gasteiger partial charge on any atom is -0.354 e. The van der Waals surface area contributed by atoms with Crippen molar-refractivity contribution in [3.63, 3.8) is 0 Å². The number of fused-ring (bicyclic) bond motifs is 1. The van der Waals surface area contributed by atoms with E-state index in [4.69, 9.17) is 0 Å². The van der Waals surface area contributed by atoms with E-state index in [2.05, 4.69) is 52.4 Å². The zero-order valence-corrected chi connectivity index (χ0v) is 16.5. The number of piperazine rings is 1. The second-order valence-corrected chi connectivity index (χ2v) is 7.76. The molecule has 0 N–H and O–H groups in total. The Morgan fingerprint density at radius 1 is 0.960 bits per heavy atom. The molecule has 2 aliphatic heterocycles. The molecule has 5 nitrogen and oxygen atoms in total. The van der Waals surface area contributed by atoms with Crippen LogP contribution in [-0.2, 0) is 13.0 Å². The molecular formula is C20H35N5. The Morgan fingerprint density at radius 3 is 2.40 bits per heavy atom. The van der Waals surface area contributed by atoms with E-state index in [1.165, 1.54) is 36.3 Å². The van der Waals surface area contributed by atoms with Crippen molar-refractivity contribution in [2.24, 2.45) is 0 Å². The Labute approximate surface area is 153 Å². The quantitative estimate of drug-likeness (QED) is 0.792. The topological polar surface area (TPSA) is 35.5 Å². The van der Waals surface area contributed by atoms with Gasteiger partial charge in [0.15, 0.2) is 0 Å². The van der Waals surface area contributed by atoms with E-state index >= 15 is 0 Å². The smallest absolute Gasteiger partial charge is 0.135 e. The Bertz CT molecular complexity index is 553. The van der Waals surface area contributed by atoms with Gasteiger partial charge in [0.1, 0.15) is 12.1 Å². The molecule has 1 saturated heterocycles. The van der Waals surface area contributed by atoms with Crippen molar-refractivity contribution in [2.45, 2.75) is 72.0 Å². The van der Waals surface area contributed by atoms with E-state index in [0.717, 1.165) is 45.7 Å². The van der Waals surface area contributed by atoms with Crippen LogP contribution in [-0.4, -0.2) is 64.6 Å². The van der Waals surface area contributed by atoms with E-state index in [9.17, 15) is 0 Å². The maximum atomic E-state index is 4.69. The van der Waals surface area contributed by atoms with Gasteiger partial charge in [-0.3, -0.25) is 9.80 Å². The summed E-state index contributed by atoms with van der Waals surface area (Å²) in [5, 5.41) is 0. The summed E-state index contributed by atoms with van der Waals surface area (Å²) >= 11 is 0. The maximum Gasteiger partial charge on any atom is 0.135 e. The molecule has 5 heteroatoms. The third-order valence-corrected chi connectivity index (χ3v) is 6.17. The highest BCUT2D eigenvalue weighted by molar-refractivity contribution is 5.50. The molecule has 0 aliphatic carbocycles. The first-order valence-electron chi connectivity index (χ1n) is 10.2. The molecule has 2 unspecified atom stereocenters. The number of rotatable bonds is 6. The summed E-state index contributed by atoms with van der Waals surface area (Å²) < 4.78 is 0. The fraction of sp³-hybridized carbons (Fsp3) is 0.800. The van der Waals surface area contributed by atoms with Gasteiger partial charge >= 0.3 is 0 Å². The number of nitrogens with zero attached hydrogens (tertiary/aromatic N) is 5. The van der Waals surface area contributed by atoms with Crippen LogP contribution in [0.15, 0.2) is 6.33 Å². The molecular weight excluding hydrogens is 310 g/mol. The molecule has 2 atom stereocenters. The molecule has 0 saturated carbocycles. The maximum absolute atomic E-state index is 4.69. The lowest BCUT2D eigenvalue weighted by Gasteiger charge is -2.40. The average Bonchev–Trinajstić information content (AvgIpc) is 2.66. The highest BCUT2D eigenvalue weighted by Crippen LogP contribution is 2.27. The Balaban J connectivity index is 1.67. The molecule has 2 aliphatic rings. The Morgan fingerprint density at radius 2 is 1.72 bits per heavy atom. The van der Waals surface area contributed by atoms with Gasteiger partial charge in [0.05, 0.1) is 5.69 Å². The second kappa shape index (κ2) is 8.45. The van der Waals surface area contributed by atoms with Gasteiger partial charge in [-0.25, -0.2) is 9.97 Å². The molecule has 3 heterocycles. The van der Waals surface area contributed by atoms with Crippen LogP contribution in [0, 0.1) is 0 Å². The van der Waals surface area contributed by atoms with Crippen LogP contribution >= 0.6 is 0 Å². The standard InChI is InChI=1S/C20H35N5/c1-5-7-17(4)23-10-12-24(13-11-23)20-18-8-9-25(16(3)6-2)14-19(18)21-15-22-20/h15-17H,5-14H2,1-4H3.